The molecule has 0 spiro atoms. The molecule has 2 aromatic rings. The minimum Gasteiger partial charge on any atom is -0.385 e. The number of hydrogen-bond donors (Lipinski definition) is 3. The van der Waals surface area contributed by atoms with Crippen molar-refractivity contribution in [3.63, 3.8) is 0 Å². The molecule has 0 saturated heterocycles. The van der Waals surface area contributed by atoms with Crippen LogP contribution in [0, 0.1) is 10.1 Å². The molecular formula is C13H15N5O3. The zero-order valence-electron chi connectivity index (χ0n) is 11.4. The van der Waals surface area contributed by atoms with Crippen molar-refractivity contribution in [1.82, 2.24) is 15.3 Å². The number of non-ortho nitro benzene ring substituents is 1. The summed E-state index contributed by atoms with van der Waals surface area (Å²) in [7, 11) is 0. The van der Waals surface area contributed by atoms with Gasteiger partial charge in [0.05, 0.1) is 29.1 Å². The first-order valence-corrected chi connectivity index (χ1v) is 6.39. The highest BCUT2D eigenvalue weighted by Gasteiger charge is 2.16. The molecule has 8 heteroatoms. The number of aromatic amines is 1. The predicted molar refractivity (Wildman–Crippen MR) is 77.0 cm³/mol. The van der Waals surface area contributed by atoms with Gasteiger partial charge in [0.2, 0.25) is 0 Å². The van der Waals surface area contributed by atoms with Gasteiger partial charge >= 0.3 is 0 Å². The number of nitrogens with zero attached hydrogens (tertiary/aromatic N) is 2. The average Bonchev–Trinajstić information content (AvgIpc) is 2.98. The van der Waals surface area contributed by atoms with Gasteiger partial charge in [0.1, 0.15) is 0 Å². The van der Waals surface area contributed by atoms with Gasteiger partial charge in [-0.25, -0.2) is 4.98 Å². The van der Waals surface area contributed by atoms with E-state index in [0.717, 1.165) is 5.69 Å². The van der Waals surface area contributed by atoms with E-state index in [-0.39, 0.29) is 23.7 Å². The van der Waals surface area contributed by atoms with E-state index in [1.54, 1.807) is 6.20 Å². The lowest BCUT2D eigenvalue weighted by molar-refractivity contribution is -0.384. The number of carbonyl (C=O) groups is 1. The fourth-order valence-electron chi connectivity index (χ4n) is 1.83. The fraction of sp³-hybridized carbons (Fsp3) is 0.231. The third-order valence-electron chi connectivity index (χ3n) is 2.82. The lowest BCUT2D eigenvalue weighted by atomic mass is 10.1. The summed E-state index contributed by atoms with van der Waals surface area (Å²) in [6.45, 7) is 2.76. The molecule has 0 radical (unpaired) electrons. The lowest BCUT2D eigenvalue weighted by Gasteiger charge is -2.10. The first-order valence-electron chi connectivity index (χ1n) is 6.39. The highest BCUT2D eigenvalue weighted by Crippen LogP contribution is 2.22. The Morgan fingerprint density at radius 1 is 1.48 bits per heavy atom. The van der Waals surface area contributed by atoms with E-state index in [1.165, 1.54) is 24.5 Å². The zero-order chi connectivity index (χ0) is 15.2. The number of H-pyrrole nitrogens is 1. The number of carbonyl (C=O) groups excluding carboxylic acids is 1. The molecule has 0 bridgehead atoms. The van der Waals surface area contributed by atoms with Gasteiger partial charge in [0.15, 0.2) is 0 Å². The van der Waals surface area contributed by atoms with Crippen molar-refractivity contribution in [2.75, 3.05) is 11.9 Å². The van der Waals surface area contributed by atoms with Crippen LogP contribution in [0.1, 0.15) is 23.0 Å². The SMILES string of the molecule is CCNc1ccc([N+](=O)[O-])cc1C(=O)NCc1cnc[nH]1. The van der Waals surface area contributed by atoms with Gasteiger partial charge in [-0.05, 0) is 13.0 Å². The van der Waals surface area contributed by atoms with E-state index in [4.69, 9.17) is 0 Å². The number of nitro groups is 1. The average molecular weight is 289 g/mol. The van der Waals surface area contributed by atoms with Crippen LogP contribution in [0.25, 0.3) is 0 Å². The molecular weight excluding hydrogens is 274 g/mol. The van der Waals surface area contributed by atoms with Crippen LogP contribution in [0.15, 0.2) is 30.7 Å². The first kappa shape index (κ1) is 14.5. The third-order valence-corrected chi connectivity index (χ3v) is 2.82. The quantitative estimate of drug-likeness (QED) is 0.553. The number of aromatic nitrogens is 2. The van der Waals surface area contributed by atoms with Crippen molar-refractivity contribution in [3.8, 4) is 0 Å². The maximum Gasteiger partial charge on any atom is 0.270 e. The normalized spacial score (nSPS) is 10.1. The summed E-state index contributed by atoms with van der Waals surface area (Å²) in [6.07, 6.45) is 3.11. The summed E-state index contributed by atoms with van der Waals surface area (Å²) >= 11 is 0. The Kier molecular flexibility index (Phi) is 4.50. The molecule has 0 fully saturated rings. The fourth-order valence-corrected chi connectivity index (χ4v) is 1.83. The Morgan fingerprint density at radius 3 is 2.90 bits per heavy atom. The van der Waals surface area contributed by atoms with Crippen molar-refractivity contribution in [2.24, 2.45) is 0 Å². The lowest BCUT2D eigenvalue weighted by Crippen LogP contribution is -2.24. The number of nitrogens with one attached hydrogen (secondary N) is 3. The number of imidazole rings is 1. The van der Waals surface area contributed by atoms with E-state index in [9.17, 15) is 14.9 Å². The van der Waals surface area contributed by atoms with Gasteiger partial charge in [-0.2, -0.15) is 0 Å². The molecule has 2 rings (SSSR count). The van der Waals surface area contributed by atoms with Crippen LogP contribution in [0.2, 0.25) is 0 Å². The molecule has 0 atom stereocenters. The van der Waals surface area contributed by atoms with Crippen LogP contribution in [0.3, 0.4) is 0 Å². The van der Waals surface area contributed by atoms with Gasteiger partial charge in [0.25, 0.3) is 11.6 Å². The Balaban J connectivity index is 2.20. The van der Waals surface area contributed by atoms with Gasteiger partial charge in [-0.3, -0.25) is 14.9 Å². The van der Waals surface area contributed by atoms with Crippen LogP contribution < -0.4 is 10.6 Å². The second-order valence-electron chi connectivity index (χ2n) is 4.28. The molecule has 0 aliphatic carbocycles. The number of rotatable bonds is 6. The van der Waals surface area contributed by atoms with Gasteiger partial charge < -0.3 is 15.6 Å². The summed E-state index contributed by atoms with van der Waals surface area (Å²) in [5.41, 5.74) is 1.43. The Hall–Kier alpha value is -2.90. The topological polar surface area (TPSA) is 113 Å². The summed E-state index contributed by atoms with van der Waals surface area (Å²) in [5.74, 6) is -0.385. The van der Waals surface area contributed by atoms with Crippen molar-refractivity contribution < 1.29 is 9.72 Å². The number of anilines is 1. The molecule has 1 aromatic carbocycles. The number of nitro benzene ring substituents is 1. The summed E-state index contributed by atoms with van der Waals surface area (Å²) in [4.78, 5) is 29.2. The van der Waals surface area contributed by atoms with E-state index in [1.807, 2.05) is 6.92 Å². The molecule has 8 nitrogen and oxygen atoms in total. The molecule has 0 unspecified atom stereocenters. The number of hydrogen-bond acceptors (Lipinski definition) is 5. The van der Waals surface area contributed by atoms with Crippen molar-refractivity contribution in [2.45, 2.75) is 13.5 Å². The Morgan fingerprint density at radius 2 is 2.29 bits per heavy atom. The maximum atomic E-state index is 12.2. The van der Waals surface area contributed by atoms with E-state index >= 15 is 0 Å². The monoisotopic (exact) mass is 289 g/mol. The van der Waals surface area contributed by atoms with E-state index in [2.05, 4.69) is 20.6 Å². The molecule has 0 saturated carbocycles. The molecule has 1 heterocycles. The highest BCUT2D eigenvalue weighted by molar-refractivity contribution is 6.00. The molecule has 1 amide bonds. The van der Waals surface area contributed by atoms with Crippen molar-refractivity contribution in [1.29, 1.82) is 0 Å². The van der Waals surface area contributed by atoms with Crippen LogP contribution in [-0.4, -0.2) is 27.3 Å². The largest absolute Gasteiger partial charge is 0.385 e. The van der Waals surface area contributed by atoms with Crippen LogP contribution in [-0.2, 0) is 6.54 Å². The Bertz CT molecular complexity index is 639. The number of benzene rings is 1. The zero-order valence-corrected chi connectivity index (χ0v) is 11.4. The number of amides is 1. The minimum absolute atomic E-state index is 0.122. The maximum absolute atomic E-state index is 12.2. The standard InChI is InChI=1S/C13H15N5O3/c1-2-15-12-4-3-10(18(20)21)5-11(12)13(19)16-7-9-6-14-8-17-9/h3-6,8,15H,2,7H2,1H3,(H,14,17)(H,16,19). The van der Waals surface area contributed by atoms with Gasteiger partial charge in [-0.15, -0.1) is 0 Å². The summed E-state index contributed by atoms with van der Waals surface area (Å²) < 4.78 is 0. The second kappa shape index (κ2) is 6.51. The summed E-state index contributed by atoms with van der Waals surface area (Å²) in [6, 6.07) is 4.16. The molecule has 0 aliphatic heterocycles. The van der Waals surface area contributed by atoms with Crippen molar-refractivity contribution >= 4 is 17.3 Å². The van der Waals surface area contributed by atoms with E-state index < -0.39 is 4.92 Å². The highest BCUT2D eigenvalue weighted by atomic mass is 16.6. The first-order chi connectivity index (χ1) is 10.1. The second-order valence-corrected chi connectivity index (χ2v) is 4.28. The molecule has 1 aromatic heterocycles. The van der Waals surface area contributed by atoms with Crippen LogP contribution in [0.5, 0.6) is 0 Å². The van der Waals surface area contributed by atoms with Gasteiger partial charge in [0, 0.05) is 30.6 Å². The predicted octanol–water partition coefficient (Wildman–Crippen LogP) is 1.68. The van der Waals surface area contributed by atoms with E-state index in [0.29, 0.717) is 12.2 Å². The van der Waals surface area contributed by atoms with Crippen LogP contribution >= 0.6 is 0 Å². The van der Waals surface area contributed by atoms with Crippen LogP contribution in [0.4, 0.5) is 11.4 Å². The summed E-state index contributed by atoms with van der Waals surface area (Å²) in [5, 5.41) is 16.5. The minimum atomic E-state index is -0.526. The molecule has 3 N–H and O–H groups in total. The Labute approximate surface area is 120 Å². The molecule has 21 heavy (non-hydrogen) atoms. The third kappa shape index (κ3) is 3.56. The molecule has 110 valence electrons. The smallest absolute Gasteiger partial charge is 0.270 e. The van der Waals surface area contributed by atoms with Crippen molar-refractivity contribution in [3.05, 3.63) is 52.1 Å². The molecule has 0 aliphatic rings. The van der Waals surface area contributed by atoms with Gasteiger partial charge in [-0.1, -0.05) is 0 Å².